The zero-order valence-electron chi connectivity index (χ0n) is 15.9. The molecule has 0 bridgehead atoms. The minimum absolute atomic E-state index is 0.00548. The van der Waals surface area contributed by atoms with Crippen LogP contribution >= 0.6 is 11.8 Å². The van der Waals surface area contributed by atoms with Crippen LogP contribution in [0.15, 0.2) is 6.33 Å². The first-order chi connectivity index (χ1) is 13.1. The number of piperidine rings is 1. The van der Waals surface area contributed by atoms with Crippen LogP contribution in [0.2, 0.25) is 0 Å². The number of rotatable bonds is 6. The number of hydrogen-bond acceptors (Lipinski definition) is 5. The molecule has 4 rings (SSSR count). The Hall–Kier alpha value is -1.54. The van der Waals surface area contributed by atoms with Crippen molar-refractivity contribution >= 4 is 23.6 Å². The molecule has 3 heterocycles. The van der Waals surface area contributed by atoms with Crippen molar-refractivity contribution in [3.8, 4) is 0 Å². The quantitative estimate of drug-likeness (QED) is 0.792. The first kappa shape index (κ1) is 18.8. The number of fused-ring (bicyclic) bond motifs is 2. The molecule has 1 saturated carbocycles. The van der Waals surface area contributed by atoms with Crippen LogP contribution < -0.4 is 0 Å². The highest BCUT2D eigenvalue weighted by molar-refractivity contribution is 7.99. The van der Waals surface area contributed by atoms with Crippen LogP contribution in [0.4, 0.5) is 0 Å². The maximum absolute atomic E-state index is 12.7. The molecule has 27 heavy (non-hydrogen) atoms. The van der Waals surface area contributed by atoms with Crippen LogP contribution in [0, 0.1) is 5.92 Å². The Morgan fingerprint density at radius 1 is 1.30 bits per heavy atom. The van der Waals surface area contributed by atoms with Crippen molar-refractivity contribution in [1.82, 2.24) is 19.8 Å². The Bertz CT molecular complexity index is 695. The Balaban J connectivity index is 1.44. The second-order valence-corrected chi connectivity index (χ2v) is 8.86. The maximum Gasteiger partial charge on any atom is 0.249 e. The third-order valence-electron chi connectivity index (χ3n) is 6.05. The number of hydrogen-bond donors (Lipinski definition) is 1. The molecule has 1 aliphatic carbocycles. The molecule has 0 aromatic carbocycles. The first-order valence-corrected chi connectivity index (χ1v) is 11.0. The van der Waals surface area contributed by atoms with E-state index in [0.717, 1.165) is 42.3 Å². The average Bonchev–Trinajstić information content (AvgIpc) is 3.36. The molecule has 1 aromatic rings. The number of carbonyl (C=O) groups is 2. The van der Waals surface area contributed by atoms with Gasteiger partial charge in [-0.15, -0.1) is 0 Å². The van der Waals surface area contributed by atoms with Crippen LogP contribution in [0.1, 0.15) is 37.1 Å². The summed E-state index contributed by atoms with van der Waals surface area (Å²) in [5.74, 6) is 2.76. The lowest BCUT2D eigenvalue weighted by Crippen LogP contribution is -2.59. The molecule has 1 spiro atoms. The van der Waals surface area contributed by atoms with Crippen molar-refractivity contribution in [3.05, 3.63) is 17.7 Å². The predicted octanol–water partition coefficient (Wildman–Crippen LogP) is 1.40. The van der Waals surface area contributed by atoms with Gasteiger partial charge in [-0.3, -0.25) is 9.59 Å². The lowest BCUT2D eigenvalue weighted by atomic mass is 9.78. The van der Waals surface area contributed by atoms with Crippen LogP contribution in [0.3, 0.4) is 0 Å². The smallest absolute Gasteiger partial charge is 0.249 e. The lowest BCUT2D eigenvalue weighted by molar-refractivity contribution is -0.147. The molecule has 2 aliphatic heterocycles. The fourth-order valence-corrected chi connectivity index (χ4v) is 5.51. The minimum Gasteiger partial charge on any atom is -0.375 e. The molecule has 8 heteroatoms. The fraction of sp³-hybridized carbons (Fsp3) is 0.737. The molecule has 1 aromatic heterocycles. The second-order valence-electron chi connectivity index (χ2n) is 7.83. The van der Waals surface area contributed by atoms with Crippen molar-refractivity contribution in [2.24, 2.45) is 5.92 Å². The maximum atomic E-state index is 12.7. The van der Waals surface area contributed by atoms with Crippen LogP contribution in [0.5, 0.6) is 0 Å². The summed E-state index contributed by atoms with van der Waals surface area (Å²) in [5.41, 5.74) is 1.69. The summed E-state index contributed by atoms with van der Waals surface area (Å²) in [6, 6.07) is 0. The molecule has 3 aliphatic rings. The van der Waals surface area contributed by atoms with E-state index in [1.54, 1.807) is 25.2 Å². The van der Waals surface area contributed by atoms with Gasteiger partial charge in [0.2, 0.25) is 11.8 Å². The Morgan fingerprint density at radius 3 is 2.78 bits per heavy atom. The predicted molar refractivity (Wildman–Crippen MR) is 103 cm³/mol. The SMILES string of the molecule is COCC(=O)N1CCc2[nH]cnc2C12CCN(C(=O)CSCC1CC1)CC2. The zero-order valence-corrected chi connectivity index (χ0v) is 16.7. The van der Waals surface area contributed by atoms with E-state index in [-0.39, 0.29) is 18.4 Å². The molecular weight excluding hydrogens is 364 g/mol. The second kappa shape index (κ2) is 7.83. The van der Waals surface area contributed by atoms with E-state index < -0.39 is 5.54 Å². The summed E-state index contributed by atoms with van der Waals surface area (Å²) in [4.78, 5) is 37.0. The number of methoxy groups -OCH3 is 1. The highest BCUT2D eigenvalue weighted by atomic mass is 32.2. The number of nitrogens with zero attached hydrogens (tertiary/aromatic N) is 3. The molecule has 2 amide bonds. The van der Waals surface area contributed by atoms with Crippen molar-refractivity contribution < 1.29 is 14.3 Å². The highest BCUT2D eigenvalue weighted by Crippen LogP contribution is 2.42. The minimum atomic E-state index is -0.416. The Kier molecular flexibility index (Phi) is 5.45. The molecule has 1 N–H and O–H groups in total. The van der Waals surface area contributed by atoms with Crippen LogP contribution in [-0.4, -0.2) is 76.4 Å². The van der Waals surface area contributed by atoms with E-state index in [0.29, 0.717) is 25.4 Å². The Morgan fingerprint density at radius 2 is 2.07 bits per heavy atom. The van der Waals surface area contributed by atoms with Gasteiger partial charge in [0, 0.05) is 38.9 Å². The topological polar surface area (TPSA) is 78.5 Å². The number of likely N-dealkylation sites (tertiary alicyclic amines) is 1. The molecule has 2 fully saturated rings. The molecular formula is C19H28N4O3S. The van der Waals surface area contributed by atoms with Gasteiger partial charge in [0.15, 0.2) is 0 Å². The van der Waals surface area contributed by atoms with Crippen molar-refractivity contribution in [2.75, 3.05) is 44.9 Å². The number of aromatic nitrogens is 2. The van der Waals surface area contributed by atoms with Gasteiger partial charge in [-0.05, 0) is 37.4 Å². The monoisotopic (exact) mass is 392 g/mol. The zero-order chi connectivity index (χ0) is 18.9. The summed E-state index contributed by atoms with van der Waals surface area (Å²) >= 11 is 1.77. The van der Waals surface area contributed by atoms with Gasteiger partial charge in [0.05, 0.1) is 23.3 Å². The number of aromatic amines is 1. The van der Waals surface area contributed by atoms with Crippen molar-refractivity contribution in [1.29, 1.82) is 0 Å². The van der Waals surface area contributed by atoms with Crippen LogP contribution in [0.25, 0.3) is 0 Å². The number of ether oxygens (including phenoxy) is 1. The van der Waals surface area contributed by atoms with Gasteiger partial charge in [0.25, 0.3) is 0 Å². The molecule has 148 valence electrons. The number of thioether (sulfide) groups is 1. The standard InChI is InChI=1S/C19H28N4O3S/c1-26-10-16(24)23-7-4-15-18(21-13-20-15)19(23)5-8-22(9-6-19)17(25)12-27-11-14-2-3-14/h13-14H,2-12H2,1H3,(H,20,21). The third-order valence-corrected chi connectivity index (χ3v) is 7.21. The molecule has 0 radical (unpaired) electrons. The summed E-state index contributed by atoms with van der Waals surface area (Å²) in [6.45, 7) is 2.10. The molecule has 1 saturated heterocycles. The van der Waals surface area contributed by atoms with Gasteiger partial charge in [-0.2, -0.15) is 11.8 Å². The highest BCUT2D eigenvalue weighted by Gasteiger charge is 2.49. The summed E-state index contributed by atoms with van der Waals surface area (Å²) in [5, 5.41) is 0. The average molecular weight is 393 g/mol. The van der Waals surface area contributed by atoms with Gasteiger partial charge in [-0.1, -0.05) is 0 Å². The molecule has 0 unspecified atom stereocenters. The van der Waals surface area contributed by atoms with Gasteiger partial charge >= 0.3 is 0 Å². The van der Waals surface area contributed by atoms with E-state index in [2.05, 4.69) is 9.97 Å². The summed E-state index contributed by atoms with van der Waals surface area (Å²) in [7, 11) is 1.55. The summed E-state index contributed by atoms with van der Waals surface area (Å²) < 4.78 is 5.10. The normalized spacial score (nSPS) is 21.4. The third kappa shape index (κ3) is 3.74. The van der Waals surface area contributed by atoms with Gasteiger partial charge < -0.3 is 19.5 Å². The van der Waals surface area contributed by atoms with E-state index in [9.17, 15) is 9.59 Å². The van der Waals surface area contributed by atoms with Crippen LogP contribution in [-0.2, 0) is 26.3 Å². The van der Waals surface area contributed by atoms with E-state index in [4.69, 9.17) is 4.74 Å². The number of amides is 2. The van der Waals surface area contributed by atoms with Gasteiger partial charge in [0.1, 0.15) is 6.61 Å². The molecule has 7 nitrogen and oxygen atoms in total. The first-order valence-electron chi connectivity index (χ1n) is 9.82. The number of carbonyl (C=O) groups excluding carboxylic acids is 2. The number of nitrogens with one attached hydrogen (secondary N) is 1. The van der Waals surface area contributed by atoms with E-state index >= 15 is 0 Å². The van der Waals surface area contributed by atoms with E-state index in [1.807, 2.05) is 9.80 Å². The largest absolute Gasteiger partial charge is 0.375 e. The lowest BCUT2D eigenvalue weighted by Gasteiger charge is -2.50. The Labute approximate surface area is 164 Å². The van der Waals surface area contributed by atoms with E-state index in [1.165, 1.54) is 12.8 Å². The number of H-pyrrole nitrogens is 1. The van der Waals surface area contributed by atoms with Crippen molar-refractivity contribution in [3.63, 3.8) is 0 Å². The number of imidazole rings is 1. The summed E-state index contributed by atoms with van der Waals surface area (Å²) in [6.07, 6.45) is 6.63. The molecule has 0 atom stereocenters. The van der Waals surface area contributed by atoms with Crippen molar-refractivity contribution in [2.45, 2.75) is 37.6 Å². The van der Waals surface area contributed by atoms with Gasteiger partial charge in [-0.25, -0.2) is 4.98 Å². The fourth-order valence-electron chi connectivity index (χ4n) is 4.36.